The van der Waals surface area contributed by atoms with E-state index in [1.165, 1.54) is 0 Å². The molecule has 2 atom stereocenters. The highest BCUT2D eigenvalue weighted by Gasteiger charge is 2.31. The van der Waals surface area contributed by atoms with Crippen LogP contribution in [-0.4, -0.2) is 28.5 Å². The van der Waals surface area contributed by atoms with Crippen LogP contribution in [-0.2, 0) is 0 Å². The standard InChI is InChI=1S/C8H17NO2/c9-7-2-1-3-8(11,6-7)4-5-10/h7,10-11H,1-6,9H2. The van der Waals surface area contributed by atoms with E-state index in [-0.39, 0.29) is 12.6 Å². The van der Waals surface area contributed by atoms with E-state index in [0.29, 0.717) is 12.8 Å². The summed E-state index contributed by atoms with van der Waals surface area (Å²) in [6.45, 7) is 0.0587. The summed E-state index contributed by atoms with van der Waals surface area (Å²) in [7, 11) is 0. The molecule has 11 heavy (non-hydrogen) atoms. The normalized spacial score (nSPS) is 39.0. The van der Waals surface area contributed by atoms with Gasteiger partial charge in [-0.25, -0.2) is 0 Å². The van der Waals surface area contributed by atoms with Crippen molar-refractivity contribution in [3.8, 4) is 0 Å². The van der Waals surface area contributed by atoms with E-state index >= 15 is 0 Å². The van der Waals surface area contributed by atoms with Crippen LogP contribution in [0.4, 0.5) is 0 Å². The zero-order valence-electron chi connectivity index (χ0n) is 6.79. The van der Waals surface area contributed by atoms with E-state index in [9.17, 15) is 5.11 Å². The summed E-state index contributed by atoms with van der Waals surface area (Å²) >= 11 is 0. The van der Waals surface area contributed by atoms with Crippen molar-refractivity contribution >= 4 is 0 Å². The van der Waals surface area contributed by atoms with Crippen LogP contribution in [0.2, 0.25) is 0 Å². The summed E-state index contributed by atoms with van der Waals surface area (Å²) in [5.41, 5.74) is 5.02. The summed E-state index contributed by atoms with van der Waals surface area (Å²) in [5.74, 6) is 0. The molecule has 0 heterocycles. The molecule has 4 N–H and O–H groups in total. The van der Waals surface area contributed by atoms with Crippen LogP contribution in [0.3, 0.4) is 0 Å². The molecule has 0 saturated heterocycles. The predicted octanol–water partition coefficient (Wildman–Crippen LogP) is 0.00120. The largest absolute Gasteiger partial charge is 0.396 e. The van der Waals surface area contributed by atoms with Crippen LogP contribution >= 0.6 is 0 Å². The van der Waals surface area contributed by atoms with Gasteiger partial charge in [-0.15, -0.1) is 0 Å². The van der Waals surface area contributed by atoms with Gasteiger partial charge in [-0.2, -0.15) is 0 Å². The first kappa shape index (κ1) is 8.97. The maximum Gasteiger partial charge on any atom is 0.0684 e. The molecule has 1 aliphatic carbocycles. The Morgan fingerprint density at radius 3 is 2.82 bits per heavy atom. The monoisotopic (exact) mass is 159 g/mol. The third kappa shape index (κ3) is 2.43. The molecule has 0 spiro atoms. The Balaban J connectivity index is 2.41. The fraction of sp³-hybridized carbons (Fsp3) is 1.00. The van der Waals surface area contributed by atoms with Gasteiger partial charge in [-0.3, -0.25) is 0 Å². The Kier molecular flexibility index (Phi) is 2.87. The summed E-state index contributed by atoms with van der Waals surface area (Å²) in [4.78, 5) is 0. The highest BCUT2D eigenvalue weighted by atomic mass is 16.3. The molecule has 0 radical (unpaired) electrons. The first-order chi connectivity index (χ1) is 5.16. The molecule has 1 rings (SSSR count). The van der Waals surface area contributed by atoms with E-state index in [4.69, 9.17) is 10.8 Å². The summed E-state index contributed by atoms with van der Waals surface area (Å²) in [5, 5.41) is 18.5. The molecule has 2 unspecified atom stereocenters. The Labute approximate surface area is 67.2 Å². The second-order valence-electron chi connectivity index (χ2n) is 3.55. The molecular formula is C8H17NO2. The molecule has 1 aliphatic rings. The van der Waals surface area contributed by atoms with Crippen molar-refractivity contribution in [1.82, 2.24) is 0 Å². The molecule has 0 aliphatic heterocycles. The molecule has 66 valence electrons. The zero-order chi connectivity index (χ0) is 8.32. The fourth-order valence-electron chi connectivity index (χ4n) is 1.82. The smallest absolute Gasteiger partial charge is 0.0684 e. The summed E-state index contributed by atoms with van der Waals surface area (Å²) in [6.07, 6.45) is 3.90. The third-order valence-corrected chi connectivity index (χ3v) is 2.44. The van der Waals surface area contributed by atoms with E-state index in [1.54, 1.807) is 0 Å². The first-order valence-electron chi connectivity index (χ1n) is 4.25. The van der Waals surface area contributed by atoms with E-state index in [1.807, 2.05) is 0 Å². The van der Waals surface area contributed by atoms with Gasteiger partial charge in [0.1, 0.15) is 0 Å². The van der Waals surface area contributed by atoms with Gasteiger partial charge >= 0.3 is 0 Å². The summed E-state index contributed by atoms with van der Waals surface area (Å²) < 4.78 is 0. The fourth-order valence-corrected chi connectivity index (χ4v) is 1.82. The Morgan fingerprint density at radius 2 is 2.27 bits per heavy atom. The van der Waals surface area contributed by atoms with Gasteiger partial charge < -0.3 is 15.9 Å². The quantitative estimate of drug-likeness (QED) is 0.531. The summed E-state index contributed by atoms with van der Waals surface area (Å²) in [6, 6.07) is 0.125. The van der Waals surface area contributed by atoms with Crippen molar-refractivity contribution in [3.63, 3.8) is 0 Å². The number of hydrogen-bond donors (Lipinski definition) is 3. The number of hydrogen-bond acceptors (Lipinski definition) is 3. The molecule has 3 nitrogen and oxygen atoms in total. The molecule has 1 saturated carbocycles. The molecular weight excluding hydrogens is 142 g/mol. The molecule has 0 aromatic carbocycles. The van der Waals surface area contributed by atoms with E-state index in [0.717, 1.165) is 19.3 Å². The van der Waals surface area contributed by atoms with Gasteiger partial charge in [0, 0.05) is 12.6 Å². The van der Waals surface area contributed by atoms with Gasteiger partial charge in [-0.1, -0.05) is 0 Å². The van der Waals surface area contributed by atoms with Crippen LogP contribution < -0.4 is 5.73 Å². The molecule has 0 aromatic heterocycles. The molecule has 0 bridgehead atoms. The maximum absolute atomic E-state index is 9.80. The first-order valence-corrected chi connectivity index (χ1v) is 4.25. The maximum atomic E-state index is 9.80. The van der Waals surface area contributed by atoms with E-state index < -0.39 is 5.60 Å². The molecule has 3 heteroatoms. The van der Waals surface area contributed by atoms with Gasteiger partial charge in [-0.05, 0) is 32.1 Å². The lowest BCUT2D eigenvalue weighted by atomic mass is 9.80. The number of aliphatic hydroxyl groups is 2. The van der Waals surface area contributed by atoms with Crippen molar-refractivity contribution in [1.29, 1.82) is 0 Å². The molecule has 1 fully saturated rings. The topological polar surface area (TPSA) is 66.5 Å². The molecule has 0 aromatic rings. The van der Waals surface area contributed by atoms with Crippen LogP contribution in [0.5, 0.6) is 0 Å². The van der Waals surface area contributed by atoms with Crippen molar-refractivity contribution in [2.75, 3.05) is 6.61 Å². The van der Waals surface area contributed by atoms with Crippen LogP contribution in [0.1, 0.15) is 32.1 Å². The lowest BCUT2D eigenvalue weighted by Gasteiger charge is -2.34. The van der Waals surface area contributed by atoms with Crippen molar-refractivity contribution in [3.05, 3.63) is 0 Å². The highest BCUT2D eigenvalue weighted by molar-refractivity contribution is 4.87. The number of rotatable bonds is 2. The van der Waals surface area contributed by atoms with Gasteiger partial charge in [0.2, 0.25) is 0 Å². The van der Waals surface area contributed by atoms with Crippen molar-refractivity contribution in [2.45, 2.75) is 43.7 Å². The third-order valence-electron chi connectivity index (χ3n) is 2.44. The average Bonchev–Trinajstić information content (AvgIpc) is 1.86. The minimum Gasteiger partial charge on any atom is -0.396 e. The second-order valence-corrected chi connectivity index (χ2v) is 3.55. The molecule has 0 amide bonds. The van der Waals surface area contributed by atoms with Crippen molar-refractivity contribution in [2.24, 2.45) is 5.73 Å². The van der Waals surface area contributed by atoms with Gasteiger partial charge in [0.25, 0.3) is 0 Å². The van der Waals surface area contributed by atoms with Crippen molar-refractivity contribution < 1.29 is 10.2 Å². The van der Waals surface area contributed by atoms with Crippen LogP contribution in [0.25, 0.3) is 0 Å². The predicted molar refractivity (Wildman–Crippen MR) is 43.1 cm³/mol. The number of aliphatic hydroxyl groups excluding tert-OH is 1. The minimum atomic E-state index is -0.674. The average molecular weight is 159 g/mol. The minimum absolute atomic E-state index is 0.0587. The lowest BCUT2D eigenvalue weighted by Crippen LogP contribution is -2.41. The van der Waals surface area contributed by atoms with Crippen LogP contribution in [0.15, 0.2) is 0 Å². The number of nitrogens with two attached hydrogens (primary N) is 1. The zero-order valence-corrected chi connectivity index (χ0v) is 6.79. The second kappa shape index (κ2) is 3.52. The Bertz CT molecular complexity index is 125. The van der Waals surface area contributed by atoms with E-state index in [2.05, 4.69) is 0 Å². The Hall–Kier alpha value is -0.120. The highest BCUT2D eigenvalue weighted by Crippen LogP contribution is 2.29. The van der Waals surface area contributed by atoms with Crippen LogP contribution in [0, 0.1) is 0 Å². The lowest BCUT2D eigenvalue weighted by molar-refractivity contribution is -0.0216. The Morgan fingerprint density at radius 1 is 1.55 bits per heavy atom. The van der Waals surface area contributed by atoms with Gasteiger partial charge in [0.15, 0.2) is 0 Å². The SMILES string of the molecule is NC1CCCC(O)(CCO)C1. The van der Waals surface area contributed by atoms with Gasteiger partial charge in [0.05, 0.1) is 5.60 Å².